The van der Waals surface area contributed by atoms with Gasteiger partial charge in [0.15, 0.2) is 0 Å². The second-order valence-corrected chi connectivity index (χ2v) is 7.50. The van der Waals surface area contributed by atoms with E-state index in [2.05, 4.69) is 45.0 Å². The molecule has 3 aromatic rings. The zero-order valence-corrected chi connectivity index (χ0v) is 16.7. The minimum atomic E-state index is 0.121. The zero-order chi connectivity index (χ0) is 20.2. The van der Waals surface area contributed by atoms with Crippen LogP contribution >= 0.6 is 0 Å². The van der Waals surface area contributed by atoms with Crippen LogP contribution in [0.3, 0.4) is 0 Å². The van der Waals surface area contributed by atoms with E-state index < -0.39 is 0 Å². The van der Waals surface area contributed by atoms with Crippen LogP contribution in [0.5, 0.6) is 0 Å². The van der Waals surface area contributed by atoms with E-state index >= 15 is 0 Å². The van der Waals surface area contributed by atoms with Crippen molar-refractivity contribution in [3.8, 4) is 0 Å². The van der Waals surface area contributed by atoms with Crippen LogP contribution in [0.1, 0.15) is 30.7 Å². The van der Waals surface area contributed by atoms with Crippen LogP contribution in [0.2, 0.25) is 0 Å². The van der Waals surface area contributed by atoms with Crippen molar-refractivity contribution in [3.63, 3.8) is 0 Å². The number of carbonyl (C=O) groups excluding carboxylic acids is 1. The molecule has 1 saturated carbocycles. The van der Waals surface area contributed by atoms with Gasteiger partial charge < -0.3 is 16.0 Å². The van der Waals surface area contributed by atoms with Crippen LogP contribution in [0.25, 0.3) is 0 Å². The summed E-state index contributed by atoms with van der Waals surface area (Å²) in [5.41, 5.74) is 3.90. The summed E-state index contributed by atoms with van der Waals surface area (Å²) >= 11 is 0. The van der Waals surface area contributed by atoms with Gasteiger partial charge in [0.2, 0.25) is 5.91 Å². The van der Waals surface area contributed by atoms with Gasteiger partial charge >= 0.3 is 0 Å². The molecule has 0 radical (unpaired) electrons. The van der Waals surface area contributed by atoms with Gasteiger partial charge in [-0.3, -0.25) is 4.79 Å². The molecule has 1 amide bonds. The maximum Gasteiger partial charge on any atom is 0.227 e. The number of aromatic nitrogens is 2. The number of anilines is 5. The summed E-state index contributed by atoms with van der Waals surface area (Å²) < 4.78 is 0. The summed E-state index contributed by atoms with van der Waals surface area (Å²) in [5, 5.41) is 9.60. The molecule has 0 saturated heterocycles. The summed E-state index contributed by atoms with van der Waals surface area (Å²) in [5.74, 6) is 2.41. The summed E-state index contributed by atoms with van der Waals surface area (Å²) in [7, 11) is 0. The van der Waals surface area contributed by atoms with E-state index in [1.54, 1.807) is 0 Å². The first kappa shape index (κ1) is 18.9. The minimum absolute atomic E-state index is 0.121. The molecule has 0 unspecified atom stereocenters. The molecule has 1 heterocycles. The van der Waals surface area contributed by atoms with Crippen molar-refractivity contribution in [3.05, 3.63) is 66.0 Å². The van der Waals surface area contributed by atoms with Gasteiger partial charge in [-0.05, 0) is 63.1 Å². The first-order valence-corrected chi connectivity index (χ1v) is 9.92. The first-order chi connectivity index (χ1) is 14.0. The van der Waals surface area contributed by atoms with Gasteiger partial charge in [-0.25, -0.2) is 9.97 Å². The van der Waals surface area contributed by atoms with Crippen LogP contribution in [-0.2, 0) is 4.79 Å². The highest BCUT2D eigenvalue weighted by atomic mass is 16.1. The molecule has 1 fully saturated rings. The lowest BCUT2D eigenvalue weighted by atomic mass is 9.85. The third-order valence-corrected chi connectivity index (χ3v) is 5.06. The Balaban J connectivity index is 1.42. The van der Waals surface area contributed by atoms with Crippen molar-refractivity contribution < 1.29 is 4.79 Å². The Hall–Kier alpha value is -3.41. The van der Waals surface area contributed by atoms with Gasteiger partial charge in [0.25, 0.3) is 0 Å². The fourth-order valence-electron chi connectivity index (χ4n) is 3.18. The number of rotatable bonds is 6. The number of nitrogens with one attached hydrogen (secondary N) is 3. The quantitative estimate of drug-likeness (QED) is 0.533. The molecule has 0 spiro atoms. The number of amides is 1. The van der Waals surface area contributed by atoms with Crippen molar-refractivity contribution in [2.45, 2.75) is 33.1 Å². The maximum absolute atomic E-state index is 12.1. The number of hydrogen-bond donors (Lipinski definition) is 3. The van der Waals surface area contributed by atoms with Gasteiger partial charge in [0, 0.05) is 29.0 Å². The van der Waals surface area contributed by atoms with Gasteiger partial charge in [0.05, 0.1) is 0 Å². The Kier molecular flexibility index (Phi) is 5.42. The number of aryl methyl sites for hydroxylation is 2. The monoisotopic (exact) mass is 387 g/mol. The molecule has 1 aliphatic carbocycles. The predicted molar refractivity (Wildman–Crippen MR) is 117 cm³/mol. The third kappa shape index (κ3) is 4.90. The number of nitrogens with zero attached hydrogens (tertiary/aromatic N) is 2. The zero-order valence-electron chi connectivity index (χ0n) is 16.7. The van der Waals surface area contributed by atoms with Crippen LogP contribution in [0, 0.1) is 19.8 Å². The number of carbonyl (C=O) groups is 1. The third-order valence-electron chi connectivity index (χ3n) is 5.06. The van der Waals surface area contributed by atoms with E-state index in [0.717, 1.165) is 42.1 Å². The highest BCUT2D eigenvalue weighted by Gasteiger charge is 2.25. The number of benzene rings is 2. The Morgan fingerprint density at radius 1 is 0.828 bits per heavy atom. The van der Waals surface area contributed by atoms with Gasteiger partial charge in [-0.15, -0.1) is 0 Å². The topological polar surface area (TPSA) is 78.9 Å². The van der Waals surface area contributed by atoms with Crippen LogP contribution in [0.4, 0.5) is 28.7 Å². The molecule has 0 aliphatic heterocycles. The van der Waals surface area contributed by atoms with Crippen LogP contribution in [-0.4, -0.2) is 15.9 Å². The van der Waals surface area contributed by atoms with Crippen LogP contribution in [0.15, 0.2) is 54.6 Å². The first-order valence-electron chi connectivity index (χ1n) is 9.92. The molecular weight excluding hydrogens is 362 g/mol. The van der Waals surface area contributed by atoms with Crippen molar-refractivity contribution >= 4 is 34.6 Å². The normalized spacial score (nSPS) is 13.4. The smallest absolute Gasteiger partial charge is 0.227 e. The Morgan fingerprint density at radius 2 is 1.34 bits per heavy atom. The van der Waals surface area contributed by atoms with Crippen molar-refractivity contribution in [2.24, 2.45) is 5.92 Å². The summed E-state index contributed by atoms with van der Waals surface area (Å²) in [4.78, 5) is 21.0. The van der Waals surface area contributed by atoms with Crippen molar-refractivity contribution in [1.29, 1.82) is 0 Å². The second-order valence-electron chi connectivity index (χ2n) is 7.50. The molecule has 6 nitrogen and oxygen atoms in total. The van der Waals surface area contributed by atoms with E-state index in [1.165, 1.54) is 5.56 Å². The summed E-state index contributed by atoms with van der Waals surface area (Å²) in [6.07, 6.45) is 3.15. The minimum Gasteiger partial charge on any atom is -0.340 e. The predicted octanol–water partition coefficient (Wildman–Crippen LogP) is 5.32. The van der Waals surface area contributed by atoms with Gasteiger partial charge in [0.1, 0.15) is 17.5 Å². The molecule has 4 rings (SSSR count). The lowest BCUT2D eigenvalue weighted by Gasteiger charge is -2.24. The molecular formula is C23H25N5O. The van der Waals surface area contributed by atoms with E-state index in [0.29, 0.717) is 11.6 Å². The molecule has 0 bridgehead atoms. The highest BCUT2D eigenvalue weighted by Crippen LogP contribution is 2.28. The molecule has 2 aromatic carbocycles. The Bertz CT molecular complexity index is 995. The molecule has 1 aliphatic rings. The molecule has 29 heavy (non-hydrogen) atoms. The molecule has 0 atom stereocenters. The number of hydrogen-bond acceptors (Lipinski definition) is 5. The average Bonchev–Trinajstić information content (AvgIpc) is 2.63. The van der Waals surface area contributed by atoms with Crippen LogP contribution < -0.4 is 16.0 Å². The molecule has 148 valence electrons. The maximum atomic E-state index is 12.1. The Morgan fingerprint density at radius 3 is 1.86 bits per heavy atom. The molecule has 1 aromatic heterocycles. The SMILES string of the molecule is Cc1ccc(Nc2cc(Nc3ccc(NC(=O)C4CCC4)cc3)nc(C)n2)cc1. The fourth-order valence-corrected chi connectivity index (χ4v) is 3.18. The fraction of sp³-hybridized carbons (Fsp3) is 0.261. The molecule has 6 heteroatoms. The van der Waals surface area contributed by atoms with Gasteiger partial charge in [-0.1, -0.05) is 24.1 Å². The van der Waals surface area contributed by atoms with E-state index in [9.17, 15) is 4.79 Å². The summed E-state index contributed by atoms with van der Waals surface area (Å²) in [6, 6.07) is 17.7. The largest absolute Gasteiger partial charge is 0.340 e. The van der Waals surface area contributed by atoms with Gasteiger partial charge in [-0.2, -0.15) is 0 Å². The summed E-state index contributed by atoms with van der Waals surface area (Å²) in [6.45, 7) is 3.93. The standard InChI is InChI=1S/C23H25N5O/c1-15-6-8-18(9-7-15)26-21-14-22(25-16(2)24-21)27-19-10-12-20(13-11-19)28-23(29)17-4-3-5-17/h6-14,17H,3-5H2,1-2H3,(H,28,29)(H2,24,25,26,27). The average molecular weight is 387 g/mol. The second kappa shape index (κ2) is 8.31. The van der Waals surface area contributed by atoms with E-state index in [-0.39, 0.29) is 11.8 Å². The van der Waals surface area contributed by atoms with Crippen molar-refractivity contribution in [1.82, 2.24) is 9.97 Å². The van der Waals surface area contributed by atoms with E-state index in [1.807, 2.05) is 49.4 Å². The highest BCUT2D eigenvalue weighted by molar-refractivity contribution is 5.93. The van der Waals surface area contributed by atoms with E-state index in [4.69, 9.17) is 0 Å². The molecule has 3 N–H and O–H groups in total. The lowest BCUT2D eigenvalue weighted by Crippen LogP contribution is -2.27. The Labute approximate surface area is 170 Å². The van der Waals surface area contributed by atoms with Crippen molar-refractivity contribution in [2.75, 3.05) is 16.0 Å². The lowest BCUT2D eigenvalue weighted by molar-refractivity contribution is -0.122.